The molecule has 0 atom stereocenters. The molecule has 0 saturated carbocycles. The molecule has 0 bridgehead atoms. The average molecular weight is 209 g/mol. The van der Waals surface area contributed by atoms with Gasteiger partial charge >= 0.3 is 0 Å². The van der Waals surface area contributed by atoms with Gasteiger partial charge in [0, 0.05) is 4.90 Å². The summed E-state index contributed by atoms with van der Waals surface area (Å²) in [6.45, 7) is 3.98. The van der Waals surface area contributed by atoms with E-state index in [1.165, 1.54) is 11.8 Å². The summed E-state index contributed by atoms with van der Waals surface area (Å²) >= 11 is 1.47. The van der Waals surface area contributed by atoms with Crippen LogP contribution in [-0.2, 0) is 4.79 Å². The molecular weight excluding hydrogens is 196 g/mol. The monoisotopic (exact) mass is 209 g/mol. The van der Waals surface area contributed by atoms with E-state index in [2.05, 4.69) is 0 Å². The van der Waals surface area contributed by atoms with Crippen molar-refractivity contribution >= 4 is 18.0 Å². The molecule has 0 unspecified atom stereocenters. The number of rotatable bonds is 5. The molecule has 0 amide bonds. The first-order valence-corrected chi connectivity index (χ1v) is 5.45. The van der Waals surface area contributed by atoms with E-state index >= 15 is 0 Å². The highest BCUT2D eigenvalue weighted by atomic mass is 32.2. The predicted molar refractivity (Wildman–Crippen MR) is 58.6 cm³/mol. The van der Waals surface area contributed by atoms with Crippen molar-refractivity contribution in [2.75, 3.05) is 5.75 Å². The van der Waals surface area contributed by atoms with Crippen LogP contribution in [0.25, 0.3) is 0 Å². The highest BCUT2D eigenvalue weighted by Gasteiger charge is 1.98. The first-order valence-electron chi connectivity index (χ1n) is 4.47. The van der Waals surface area contributed by atoms with Crippen LogP contribution in [0.15, 0.2) is 29.2 Å². The average Bonchev–Trinajstić information content (AvgIpc) is 2.16. The molecule has 0 heterocycles. The number of benzene rings is 1. The second-order valence-electron chi connectivity index (χ2n) is 3.07. The summed E-state index contributed by atoms with van der Waals surface area (Å²) in [6, 6.07) is 7.71. The third kappa shape index (κ3) is 3.83. The highest BCUT2D eigenvalue weighted by molar-refractivity contribution is 7.99. The van der Waals surface area contributed by atoms with E-state index in [1.54, 1.807) is 0 Å². The van der Waals surface area contributed by atoms with Gasteiger partial charge in [-0.15, -0.1) is 11.8 Å². The number of thioether (sulfide) groups is 1. The second kappa shape index (κ2) is 5.70. The van der Waals surface area contributed by atoms with Crippen LogP contribution < -0.4 is 4.74 Å². The van der Waals surface area contributed by atoms with Crippen LogP contribution in [0.2, 0.25) is 0 Å². The third-order valence-electron chi connectivity index (χ3n) is 1.49. The molecule has 14 heavy (non-hydrogen) atoms. The molecule has 0 aromatic heterocycles. The van der Waals surface area contributed by atoms with Crippen LogP contribution in [-0.4, -0.2) is 18.1 Å². The molecule has 1 radical (unpaired) electrons. The van der Waals surface area contributed by atoms with E-state index < -0.39 is 0 Å². The van der Waals surface area contributed by atoms with E-state index in [0.717, 1.165) is 10.6 Å². The Bertz CT molecular complexity index is 280. The van der Waals surface area contributed by atoms with Crippen LogP contribution in [0.3, 0.4) is 0 Å². The van der Waals surface area contributed by atoms with E-state index in [1.807, 2.05) is 44.4 Å². The van der Waals surface area contributed by atoms with Gasteiger partial charge in [-0.1, -0.05) is 0 Å². The summed E-state index contributed by atoms with van der Waals surface area (Å²) in [5.41, 5.74) is 0. The summed E-state index contributed by atoms with van der Waals surface area (Å²) in [4.78, 5) is 11.1. The Hall–Kier alpha value is -0.960. The summed E-state index contributed by atoms with van der Waals surface area (Å²) in [5.74, 6) is 1.24. The van der Waals surface area contributed by atoms with E-state index in [9.17, 15) is 4.79 Å². The molecule has 0 N–H and O–H groups in total. The van der Waals surface area contributed by atoms with Gasteiger partial charge in [0.2, 0.25) is 6.29 Å². The lowest BCUT2D eigenvalue weighted by atomic mass is 10.3. The molecule has 1 rings (SSSR count). The third-order valence-corrected chi connectivity index (χ3v) is 2.36. The molecule has 1 aromatic carbocycles. The van der Waals surface area contributed by atoms with Crippen LogP contribution in [0.1, 0.15) is 13.8 Å². The normalized spacial score (nSPS) is 10.2. The lowest BCUT2D eigenvalue weighted by Gasteiger charge is -2.09. The van der Waals surface area contributed by atoms with Gasteiger partial charge in [0.15, 0.2) is 0 Å². The second-order valence-corrected chi connectivity index (χ2v) is 4.12. The van der Waals surface area contributed by atoms with E-state index in [0.29, 0.717) is 5.75 Å². The zero-order valence-electron chi connectivity index (χ0n) is 8.32. The quantitative estimate of drug-likeness (QED) is 0.697. The van der Waals surface area contributed by atoms with Crippen molar-refractivity contribution in [3.63, 3.8) is 0 Å². The van der Waals surface area contributed by atoms with Gasteiger partial charge < -0.3 is 4.74 Å². The zero-order chi connectivity index (χ0) is 10.4. The number of ether oxygens (including phenoxy) is 1. The maximum Gasteiger partial charge on any atom is 0.209 e. The first-order chi connectivity index (χ1) is 6.72. The zero-order valence-corrected chi connectivity index (χ0v) is 9.14. The summed E-state index contributed by atoms with van der Waals surface area (Å²) in [7, 11) is 0. The smallest absolute Gasteiger partial charge is 0.209 e. The van der Waals surface area contributed by atoms with Crippen LogP contribution in [0.4, 0.5) is 0 Å². The fraction of sp³-hybridized carbons (Fsp3) is 0.364. The Morgan fingerprint density at radius 1 is 1.36 bits per heavy atom. The molecule has 0 saturated heterocycles. The lowest BCUT2D eigenvalue weighted by molar-refractivity contribution is 0.242. The molecule has 75 valence electrons. The van der Waals surface area contributed by atoms with Gasteiger partial charge in [0.05, 0.1) is 11.9 Å². The van der Waals surface area contributed by atoms with Crippen molar-refractivity contribution in [3.05, 3.63) is 24.3 Å². The molecule has 0 spiro atoms. The van der Waals surface area contributed by atoms with E-state index in [-0.39, 0.29) is 6.10 Å². The fourth-order valence-corrected chi connectivity index (χ4v) is 1.55. The summed E-state index contributed by atoms with van der Waals surface area (Å²) < 4.78 is 5.49. The van der Waals surface area contributed by atoms with Crippen molar-refractivity contribution in [2.45, 2.75) is 24.8 Å². The highest BCUT2D eigenvalue weighted by Crippen LogP contribution is 2.21. The molecule has 3 heteroatoms. The molecule has 0 aliphatic rings. The Morgan fingerprint density at radius 3 is 2.50 bits per heavy atom. The molecule has 0 fully saturated rings. The molecule has 1 aromatic rings. The van der Waals surface area contributed by atoms with Gasteiger partial charge in [0.1, 0.15) is 5.75 Å². The largest absolute Gasteiger partial charge is 0.491 e. The number of hydrogen-bond acceptors (Lipinski definition) is 3. The molecule has 0 aliphatic heterocycles. The van der Waals surface area contributed by atoms with Crippen molar-refractivity contribution in [3.8, 4) is 5.75 Å². The number of carbonyl (C=O) groups excluding carboxylic acids is 1. The maximum absolute atomic E-state index is 10.0. The lowest BCUT2D eigenvalue weighted by Crippen LogP contribution is -2.05. The standard InChI is InChI=1S/C11H13O2S/c1-9(2)13-10-3-5-11(6-4-10)14-8-7-12/h3-6,9H,8H2,1-2H3. The SMILES string of the molecule is CC(C)Oc1ccc(SC[C]=O)cc1. The van der Waals surface area contributed by atoms with Gasteiger partial charge in [-0.3, -0.25) is 4.79 Å². The minimum atomic E-state index is 0.191. The Morgan fingerprint density at radius 2 is 2.00 bits per heavy atom. The van der Waals surface area contributed by atoms with Crippen LogP contribution in [0, 0.1) is 0 Å². The van der Waals surface area contributed by atoms with E-state index in [4.69, 9.17) is 4.74 Å². The Kier molecular flexibility index (Phi) is 4.53. The van der Waals surface area contributed by atoms with Crippen LogP contribution >= 0.6 is 11.8 Å². The van der Waals surface area contributed by atoms with Crippen molar-refractivity contribution in [1.29, 1.82) is 0 Å². The number of hydrogen-bond donors (Lipinski definition) is 0. The van der Waals surface area contributed by atoms with Crippen molar-refractivity contribution in [2.24, 2.45) is 0 Å². The van der Waals surface area contributed by atoms with Gasteiger partial charge in [-0.25, -0.2) is 0 Å². The molecular formula is C11H13O2S. The van der Waals surface area contributed by atoms with Crippen molar-refractivity contribution < 1.29 is 9.53 Å². The Balaban J connectivity index is 2.54. The molecule has 0 aliphatic carbocycles. The molecule has 2 nitrogen and oxygen atoms in total. The van der Waals surface area contributed by atoms with Crippen molar-refractivity contribution in [1.82, 2.24) is 0 Å². The minimum absolute atomic E-state index is 0.191. The van der Waals surface area contributed by atoms with Gasteiger partial charge in [-0.2, -0.15) is 0 Å². The Labute approximate surface area is 88.7 Å². The fourth-order valence-electron chi connectivity index (χ4n) is 0.999. The van der Waals surface area contributed by atoms with Gasteiger partial charge in [0.25, 0.3) is 0 Å². The van der Waals surface area contributed by atoms with Gasteiger partial charge in [-0.05, 0) is 38.1 Å². The maximum atomic E-state index is 10.0. The topological polar surface area (TPSA) is 26.3 Å². The van der Waals surface area contributed by atoms with Crippen LogP contribution in [0.5, 0.6) is 5.75 Å². The summed E-state index contributed by atoms with van der Waals surface area (Å²) in [5, 5.41) is 0. The summed E-state index contributed by atoms with van der Waals surface area (Å²) in [6.07, 6.45) is 2.04. The first kappa shape index (κ1) is 11.1. The minimum Gasteiger partial charge on any atom is -0.491 e. The predicted octanol–water partition coefficient (Wildman–Crippen LogP) is 2.68.